The second-order valence-corrected chi connectivity index (χ2v) is 4.48. The minimum Gasteiger partial charge on any atom is -0.497 e. The molecule has 23 heavy (non-hydrogen) atoms. The van der Waals surface area contributed by atoms with Crippen LogP contribution in [0.1, 0.15) is 31.1 Å². The molecule has 6 nitrogen and oxygen atoms in total. The summed E-state index contributed by atoms with van der Waals surface area (Å²) in [6, 6.07) is 10.5. The maximum absolute atomic E-state index is 12.1. The van der Waals surface area contributed by atoms with Crippen LogP contribution in [0.25, 0.3) is 0 Å². The molecular weight excluding hydrogens is 300 g/mol. The van der Waals surface area contributed by atoms with Crippen LogP contribution < -0.4 is 9.47 Å². The molecule has 0 atom stereocenters. The van der Waals surface area contributed by atoms with Crippen LogP contribution in [0.2, 0.25) is 0 Å². The molecule has 0 heterocycles. The van der Waals surface area contributed by atoms with Crippen molar-refractivity contribution in [3.05, 3.63) is 59.2 Å². The Hall–Kier alpha value is -3.15. The normalized spacial score (nSPS) is 9.83. The number of hydrogen-bond donors (Lipinski definition) is 0. The quantitative estimate of drug-likeness (QED) is 0.479. The lowest BCUT2D eigenvalue weighted by Gasteiger charge is -2.08. The molecule has 0 radical (unpaired) electrons. The predicted octanol–water partition coefficient (Wildman–Crippen LogP) is 2.51. The minimum absolute atomic E-state index is 0.00619. The summed E-state index contributed by atoms with van der Waals surface area (Å²) in [5, 5.41) is 0. The molecule has 0 fully saturated rings. The highest BCUT2D eigenvalue weighted by molar-refractivity contribution is 6.01. The first-order valence-electron chi connectivity index (χ1n) is 6.63. The van der Waals surface area contributed by atoms with Gasteiger partial charge >= 0.3 is 11.9 Å². The van der Waals surface area contributed by atoms with Gasteiger partial charge in [0.25, 0.3) is 0 Å². The number of carbonyl (C=O) groups excluding carboxylic acids is 3. The Bertz CT molecular complexity index is 733. The molecule has 118 valence electrons. The number of hydrogen-bond acceptors (Lipinski definition) is 6. The van der Waals surface area contributed by atoms with Crippen LogP contribution in [0.3, 0.4) is 0 Å². The largest absolute Gasteiger partial charge is 0.497 e. The Morgan fingerprint density at radius 1 is 0.913 bits per heavy atom. The molecular formula is C17H14O6. The van der Waals surface area contributed by atoms with E-state index >= 15 is 0 Å². The second kappa shape index (κ2) is 7.22. The molecule has 0 aliphatic carbocycles. The van der Waals surface area contributed by atoms with Crippen molar-refractivity contribution < 1.29 is 28.6 Å². The fourth-order valence-corrected chi connectivity index (χ4v) is 1.88. The third-order valence-electron chi connectivity index (χ3n) is 3.09. The van der Waals surface area contributed by atoms with Gasteiger partial charge in [-0.2, -0.15) is 0 Å². The third kappa shape index (κ3) is 3.74. The lowest BCUT2D eigenvalue weighted by atomic mass is 10.0. The Labute approximate surface area is 132 Å². The summed E-state index contributed by atoms with van der Waals surface area (Å²) in [5.74, 6) is -0.396. The summed E-state index contributed by atoms with van der Waals surface area (Å²) < 4.78 is 14.8. The van der Waals surface area contributed by atoms with Crippen LogP contribution in [0, 0.1) is 0 Å². The average Bonchev–Trinajstić information content (AvgIpc) is 2.61. The molecule has 0 aliphatic heterocycles. The van der Waals surface area contributed by atoms with E-state index in [1.165, 1.54) is 32.4 Å². The molecule has 2 aromatic rings. The second-order valence-electron chi connectivity index (χ2n) is 4.48. The predicted molar refractivity (Wildman–Crippen MR) is 81.1 cm³/mol. The molecule has 0 saturated carbocycles. The molecule has 2 aromatic carbocycles. The van der Waals surface area contributed by atoms with Crippen molar-refractivity contribution in [2.24, 2.45) is 0 Å². The maximum atomic E-state index is 12.1. The molecule has 0 aliphatic rings. The van der Waals surface area contributed by atoms with E-state index in [2.05, 4.69) is 4.74 Å². The molecule has 0 amide bonds. The van der Waals surface area contributed by atoms with Gasteiger partial charge in [0.2, 0.25) is 0 Å². The van der Waals surface area contributed by atoms with Crippen LogP contribution in [-0.2, 0) is 4.74 Å². The van der Waals surface area contributed by atoms with E-state index in [0.29, 0.717) is 17.8 Å². The first kappa shape index (κ1) is 16.2. The zero-order valence-electron chi connectivity index (χ0n) is 12.6. The third-order valence-corrected chi connectivity index (χ3v) is 3.09. The maximum Gasteiger partial charge on any atom is 0.343 e. The van der Waals surface area contributed by atoms with Crippen molar-refractivity contribution in [2.45, 2.75) is 0 Å². The molecule has 0 saturated heterocycles. The summed E-state index contributed by atoms with van der Waals surface area (Å²) in [7, 11) is 2.73. The highest BCUT2D eigenvalue weighted by Gasteiger charge is 2.16. The standard InChI is InChI=1S/C17H14O6/c1-21-13-5-7-14(8-6-13)23-16(19)11-3-4-12(10-18)15(9-11)17(20)22-2/h3-10H,1-2H3. The lowest BCUT2D eigenvalue weighted by Crippen LogP contribution is -2.12. The molecule has 6 heteroatoms. The summed E-state index contributed by atoms with van der Waals surface area (Å²) in [4.78, 5) is 34.7. The van der Waals surface area contributed by atoms with Gasteiger partial charge in [0.05, 0.1) is 25.3 Å². The Balaban J connectivity index is 2.24. The molecule has 2 rings (SSSR count). The topological polar surface area (TPSA) is 78.9 Å². The van der Waals surface area contributed by atoms with Gasteiger partial charge in [-0.15, -0.1) is 0 Å². The fourth-order valence-electron chi connectivity index (χ4n) is 1.88. The Morgan fingerprint density at radius 3 is 2.13 bits per heavy atom. The zero-order chi connectivity index (χ0) is 16.8. The highest BCUT2D eigenvalue weighted by Crippen LogP contribution is 2.19. The van der Waals surface area contributed by atoms with E-state index in [-0.39, 0.29) is 16.7 Å². The van der Waals surface area contributed by atoms with Crippen LogP contribution in [0.15, 0.2) is 42.5 Å². The monoisotopic (exact) mass is 314 g/mol. The van der Waals surface area contributed by atoms with Gasteiger partial charge < -0.3 is 14.2 Å². The van der Waals surface area contributed by atoms with E-state index in [9.17, 15) is 14.4 Å². The number of aldehydes is 1. The number of methoxy groups -OCH3 is 2. The molecule has 0 bridgehead atoms. The van der Waals surface area contributed by atoms with Gasteiger partial charge in [0, 0.05) is 5.56 Å². The number of ether oxygens (including phenoxy) is 3. The molecule has 0 aromatic heterocycles. The van der Waals surface area contributed by atoms with Crippen LogP contribution in [0.5, 0.6) is 11.5 Å². The smallest absolute Gasteiger partial charge is 0.343 e. The fraction of sp³-hybridized carbons (Fsp3) is 0.118. The van der Waals surface area contributed by atoms with E-state index in [1.807, 2.05) is 0 Å². The number of carbonyl (C=O) groups is 3. The summed E-state index contributed by atoms with van der Waals surface area (Å²) in [6.07, 6.45) is 0.519. The lowest BCUT2D eigenvalue weighted by molar-refractivity contribution is 0.0598. The van der Waals surface area contributed by atoms with Crippen molar-refractivity contribution in [1.82, 2.24) is 0 Å². The first-order chi connectivity index (χ1) is 11.1. The van der Waals surface area contributed by atoms with Crippen LogP contribution in [-0.4, -0.2) is 32.4 Å². The van der Waals surface area contributed by atoms with Gasteiger partial charge in [-0.25, -0.2) is 9.59 Å². The Kier molecular flexibility index (Phi) is 5.09. The van der Waals surface area contributed by atoms with Crippen molar-refractivity contribution in [2.75, 3.05) is 14.2 Å². The average molecular weight is 314 g/mol. The van der Waals surface area contributed by atoms with Crippen molar-refractivity contribution in [1.29, 1.82) is 0 Å². The van der Waals surface area contributed by atoms with Crippen molar-refractivity contribution in [3.8, 4) is 11.5 Å². The number of benzene rings is 2. The van der Waals surface area contributed by atoms with Crippen LogP contribution >= 0.6 is 0 Å². The zero-order valence-corrected chi connectivity index (χ0v) is 12.6. The minimum atomic E-state index is -0.703. The van der Waals surface area contributed by atoms with E-state index in [4.69, 9.17) is 9.47 Å². The van der Waals surface area contributed by atoms with E-state index in [1.54, 1.807) is 24.3 Å². The van der Waals surface area contributed by atoms with Gasteiger partial charge in [-0.05, 0) is 42.5 Å². The summed E-state index contributed by atoms with van der Waals surface area (Å²) >= 11 is 0. The van der Waals surface area contributed by atoms with Gasteiger partial charge in [-0.1, -0.05) is 0 Å². The van der Waals surface area contributed by atoms with E-state index < -0.39 is 11.9 Å². The molecule has 0 unspecified atom stereocenters. The van der Waals surface area contributed by atoms with Gasteiger partial charge in [-0.3, -0.25) is 4.79 Å². The van der Waals surface area contributed by atoms with Crippen LogP contribution in [0.4, 0.5) is 0 Å². The number of esters is 2. The molecule has 0 N–H and O–H groups in total. The SMILES string of the molecule is COC(=O)c1cc(C(=O)Oc2ccc(OC)cc2)ccc1C=O. The number of rotatable bonds is 5. The highest BCUT2D eigenvalue weighted by atomic mass is 16.5. The summed E-state index contributed by atoms with van der Waals surface area (Å²) in [6.45, 7) is 0. The van der Waals surface area contributed by atoms with Gasteiger partial charge in [0.1, 0.15) is 11.5 Å². The van der Waals surface area contributed by atoms with Crippen molar-refractivity contribution in [3.63, 3.8) is 0 Å². The van der Waals surface area contributed by atoms with Crippen molar-refractivity contribution >= 4 is 18.2 Å². The van der Waals surface area contributed by atoms with Gasteiger partial charge in [0.15, 0.2) is 6.29 Å². The van der Waals surface area contributed by atoms with E-state index in [0.717, 1.165) is 0 Å². The first-order valence-corrected chi connectivity index (χ1v) is 6.63. The summed E-state index contributed by atoms with van der Waals surface area (Å²) in [5.41, 5.74) is 0.274. The molecule has 0 spiro atoms. The Morgan fingerprint density at radius 2 is 1.57 bits per heavy atom.